The molecule has 0 aliphatic carbocycles. The Labute approximate surface area is 166 Å². The van der Waals surface area contributed by atoms with Crippen LogP contribution in [-0.2, 0) is 9.59 Å². The van der Waals surface area contributed by atoms with E-state index in [1.54, 1.807) is 0 Å². The summed E-state index contributed by atoms with van der Waals surface area (Å²) < 4.78 is 0. The van der Waals surface area contributed by atoms with Gasteiger partial charge in [-0.2, -0.15) is 0 Å². The molecule has 1 aromatic rings. The second-order valence-corrected chi connectivity index (χ2v) is 7.69. The number of benzene rings is 1. The van der Waals surface area contributed by atoms with Gasteiger partial charge in [0.25, 0.3) is 0 Å². The Morgan fingerprint density at radius 1 is 1.11 bits per heavy atom. The van der Waals surface area contributed by atoms with Gasteiger partial charge in [0, 0.05) is 45.0 Å². The molecule has 0 spiro atoms. The molecule has 1 aliphatic heterocycles. The number of likely N-dealkylation sites (N-methyl/N-ethyl adjacent to an activating group) is 1. The molecule has 1 aliphatic rings. The van der Waals surface area contributed by atoms with E-state index >= 15 is 0 Å². The first-order valence-electron chi connectivity index (χ1n) is 9.63. The summed E-state index contributed by atoms with van der Waals surface area (Å²) in [7, 11) is 0. The van der Waals surface area contributed by atoms with Crippen LogP contribution in [0.25, 0.3) is 0 Å². The minimum atomic E-state index is -0.549. The van der Waals surface area contributed by atoms with Gasteiger partial charge in [0.1, 0.15) is 0 Å². The highest BCUT2D eigenvalue weighted by molar-refractivity contribution is 7.99. The minimum Gasteiger partial charge on any atom is -0.388 e. The highest BCUT2D eigenvalue weighted by Gasteiger charge is 2.23. The van der Waals surface area contributed by atoms with Crippen molar-refractivity contribution in [2.75, 3.05) is 57.3 Å². The molecule has 7 heteroatoms. The molecule has 1 N–H and O–H groups in total. The Balaban J connectivity index is 1.67. The number of thioether (sulfide) groups is 1. The summed E-state index contributed by atoms with van der Waals surface area (Å²) in [6, 6.07) is 9.51. The predicted octanol–water partition coefficient (Wildman–Crippen LogP) is 1.47. The zero-order chi connectivity index (χ0) is 19.6. The molecule has 1 unspecified atom stereocenters. The first-order chi connectivity index (χ1) is 13.0. The van der Waals surface area contributed by atoms with Crippen LogP contribution in [0.15, 0.2) is 30.3 Å². The van der Waals surface area contributed by atoms with Crippen molar-refractivity contribution in [3.63, 3.8) is 0 Å². The first kappa shape index (κ1) is 21.7. The van der Waals surface area contributed by atoms with Crippen LogP contribution in [0.4, 0.5) is 0 Å². The van der Waals surface area contributed by atoms with Crippen LogP contribution in [-0.4, -0.2) is 88.9 Å². The average Bonchev–Trinajstić information content (AvgIpc) is 2.70. The third-order valence-corrected chi connectivity index (χ3v) is 5.89. The lowest BCUT2D eigenvalue weighted by molar-refractivity contribution is -0.133. The average molecular weight is 394 g/mol. The Kier molecular flexibility index (Phi) is 9.10. The maximum atomic E-state index is 12.4. The molecule has 27 heavy (non-hydrogen) atoms. The molecule has 0 radical (unpaired) electrons. The van der Waals surface area contributed by atoms with Crippen LogP contribution >= 0.6 is 11.8 Å². The molecule has 1 fully saturated rings. The van der Waals surface area contributed by atoms with Crippen LogP contribution in [0.3, 0.4) is 0 Å². The van der Waals surface area contributed by atoms with Crippen molar-refractivity contribution in [3.8, 4) is 0 Å². The summed E-state index contributed by atoms with van der Waals surface area (Å²) in [4.78, 5) is 30.4. The lowest BCUT2D eigenvalue weighted by Gasteiger charge is -2.35. The molecular formula is C20H31N3O3S. The predicted molar refractivity (Wildman–Crippen MR) is 110 cm³/mol. The molecule has 0 aromatic heterocycles. The fraction of sp³-hybridized carbons (Fsp3) is 0.600. The zero-order valence-corrected chi connectivity index (χ0v) is 17.2. The number of rotatable bonds is 9. The van der Waals surface area contributed by atoms with Crippen LogP contribution in [0.1, 0.15) is 25.5 Å². The number of carbonyl (C=O) groups is 2. The van der Waals surface area contributed by atoms with E-state index in [2.05, 4.69) is 4.90 Å². The van der Waals surface area contributed by atoms with Gasteiger partial charge >= 0.3 is 0 Å². The first-order valence-corrected chi connectivity index (χ1v) is 10.8. The van der Waals surface area contributed by atoms with Crippen molar-refractivity contribution in [2.45, 2.75) is 20.0 Å². The third-order valence-electron chi connectivity index (χ3n) is 4.89. The van der Waals surface area contributed by atoms with E-state index in [9.17, 15) is 14.7 Å². The molecular weight excluding hydrogens is 362 g/mol. The molecule has 150 valence electrons. The normalized spacial score (nSPS) is 16.2. The fourth-order valence-electron chi connectivity index (χ4n) is 3.14. The highest BCUT2D eigenvalue weighted by Crippen LogP contribution is 2.18. The summed E-state index contributed by atoms with van der Waals surface area (Å²) in [5, 5.41) is 10.2. The number of hydrogen-bond acceptors (Lipinski definition) is 5. The van der Waals surface area contributed by atoms with E-state index in [0.29, 0.717) is 31.1 Å². The molecule has 1 heterocycles. The lowest BCUT2D eigenvalue weighted by Crippen LogP contribution is -2.52. The minimum absolute atomic E-state index is 0.106. The Morgan fingerprint density at radius 2 is 1.74 bits per heavy atom. The second kappa shape index (κ2) is 11.3. The van der Waals surface area contributed by atoms with Crippen molar-refractivity contribution in [1.29, 1.82) is 0 Å². The molecule has 0 saturated carbocycles. The van der Waals surface area contributed by atoms with Gasteiger partial charge in [-0.25, -0.2) is 0 Å². The molecule has 0 bridgehead atoms. The smallest absolute Gasteiger partial charge is 0.236 e. The second-order valence-electron chi connectivity index (χ2n) is 6.66. The van der Waals surface area contributed by atoms with E-state index in [-0.39, 0.29) is 11.8 Å². The summed E-state index contributed by atoms with van der Waals surface area (Å²) >= 11 is 1.46. The van der Waals surface area contributed by atoms with Crippen LogP contribution in [0, 0.1) is 0 Å². The SMILES string of the molecule is CCN(CC)C(=O)CN1CCN(C(=O)CSCC(O)c2ccccc2)CC1. The molecule has 1 aromatic carbocycles. The summed E-state index contributed by atoms with van der Waals surface area (Å²) in [6.07, 6.45) is -0.549. The van der Waals surface area contributed by atoms with Crippen molar-refractivity contribution in [2.24, 2.45) is 0 Å². The number of aliphatic hydroxyl groups is 1. The zero-order valence-electron chi connectivity index (χ0n) is 16.3. The molecule has 1 saturated heterocycles. The largest absolute Gasteiger partial charge is 0.388 e. The fourth-order valence-corrected chi connectivity index (χ4v) is 4.03. The molecule has 2 amide bonds. The van der Waals surface area contributed by atoms with Gasteiger partial charge in [0.2, 0.25) is 11.8 Å². The number of piperazine rings is 1. The quantitative estimate of drug-likeness (QED) is 0.688. The highest BCUT2D eigenvalue weighted by atomic mass is 32.2. The van der Waals surface area contributed by atoms with Gasteiger partial charge in [-0.1, -0.05) is 30.3 Å². The lowest BCUT2D eigenvalue weighted by atomic mass is 10.1. The molecule has 2 rings (SSSR count). The van der Waals surface area contributed by atoms with E-state index in [0.717, 1.165) is 31.7 Å². The number of aliphatic hydroxyl groups excluding tert-OH is 1. The van der Waals surface area contributed by atoms with Crippen molar-refractivity contribution in [3.05, 3.63) is 35.9 Å². The van der Waals surface area contributed by atoms with Crippen molar-refractivity contribution >= 4 is 23.6 Å². The maximum absolute atomic E-state index is 12.4. The van der Waals surface area contributed by atoms with Gasteiger partial charge < -0.3 is 14.9 Å². The van der Waals surface area contributed by atoms with E-state index in [4.69, 9.17) is 0 Å². The maximum Gasteiger partial charge on any atom is 0.236 e. The molecule has 6 nitrogen and oxygen atoms in total. The Morgan fingerprint density at radius 3 is 2.33 bits per heavy atom. The Bertz CT molecular complexity index is 587. The Hall–Kier alpha value is -1.57. The van der Waals surface area contributed by atoms with E-state index in [1.807, 2.05) is 54.0 Å². The monoisotopic (exact) mass is 393 g/mol. The van der Waals surface area contributed by atoms with Crippen LogP contribution in [0.2, 0.25) is 0 Å². The third kappa shape index (κ3) is 6.83. The van der Waals surface area contributed by atoms with Gasteiger partial charge in [0.05, 0.1) is 18.4 Å². The van der Waals surface area contributed by atoms with Crippen molar-refractivity contribution in [1.82, 2.24) is 14.7 Å². The summed E-state index contributed by atoms with van der Waals surface area (Å²) in [6.45, 7) is 8.67. The van der Waals surface area contributed by atoms with Crippen LogP contribution in [0.5, 0.6) is 0 Å². The molecule has 1 atom stereocenters. The topological polar surface area (TPSA) is 64.1 Å². The van der Waals surface area contributed by atoms with Gasteiger partial charge in [-0.15, -0.1) is 11.8 Å². The number of carbonyl (C=O) groups excluding carboxylic acids is 2. The van der Waals surface area contributed by atoms with Crippen LogP contribution < -0.4 is 0 Å². The standard InChI is InChI=1S/C20H31N3O3S/c1-3-22(4-2)19(25)14-21-10-12-23(13-11-21)20(26)16-27-15-18(24)17-8-6-5-7-9-17/h5-9,18,24H,3-4,10-16H2,1-2H3. The number of amides is 2. The van der Waals surface area contributed by atoms with E-state index in [1.165, 1.54) is 11.8 Å². The number of hydrogen-bond donors (Lipinski definition) is 1. The van der Waals surface area contributed by atoms with Gasteiger partial charge in [-0.05, 0) is 19.4 Å². The van der Waals surface area contributed by atoms with Gasteiger partial charge in [-0.3, -0.25) is 14.5 Å². The van der Waals surface area contributed by atoms with Gasteiger partial charge in [0.15, 0.2) is 0 Å². The summed E-state index contributed by atoms with van der Waals surface area (Å²) in [5.74, 6) is 1.15. The summed E-state index contributed by atoms with van der Waals surface area (Å²) in [5.41, 5.74) is 0.879. The number of nitrogens with zero attached hydrogens (tertiary/aromatic N) is 3. The van der Waals surface area contributed by atoms with E-state index < -0.39 is 6.10 Å². The van der Waals surface area contributed by atoms with Crippen molar-refractivity contribution < 1.29 is 14.7 Å².